The van der Waals surface area contributed by atoms with Crippen LogP contribution in [0.15, 0.2) is 212 Å². The van der Waals surface area contributed by atoms with Gasteiger partial charge in [-0.3, -0.25) is 0 Å². The quantitative estimate of drug-likeness (QED) is 0.177. The van der Waals surface area contributed by atoms with Gasteiger partial charge in [0.1, 0.15) is 11.5 Å². The first-order valence-corrected chi connectivity index (χ1v) is 20.9. The number of hydrogen-bond acceptors (Lipinski definition) is 2. The van der Waals surface area contributed by atoms with Gasteiger partial charge in [-0.15, -0.1) is 0 Å². The van der Waals surface area contributed by atoms with Gasteiger partial charge in [-0.2, -0.15) is 0 Å². The molecule has 10 aromatic carbocycles. The van der Waals surface area contributed by atoms with Gasteiger partial charge >= 0.3 is 0 Å². The zero-order chi connectivity index (χ0) is 39.4. The molecule has 0 aromatic heterocycles. The summed E-state index contributed by atoms with van der Waals surface area (Å²) >= 11 is 0. The summed E-state index contributed by atoms with van der Waals surface area (Å²) in [5.41, 5.74) is 17.9. The number of benzene rings is 10. The molecule has 0 saturated carbocycles. The normalized spacial score (nSPS) is 13.5. The number of ether oxygens (including phenoxy) is 1. The zero-order valence-electron chi connectivity index (χ0n) is 32.8. The minimum atomic E-state index is -0.650. The fraction of sp³-hybridized carbons (Fsp3) is 0.0345. The molecule has 0 bridgehead atoms. The molecule has 280 valence electrons. The molecule has 0 N–H and O–H groups in total. The van der Waals surface area contributed by atoms with Crippen LogP contribution in [0.4, 0.5) is 17.1 Å². The van der Waals surface area contributed by atoms with E-state index in [2.05, 4.69) is 217 Å². The van der Waals surface area contributed by atoms with Crippen LogP contribution in [0.3, 0.4) is 0 Å². The van der Waals surface area contributed by atoms with E-state index in [-0.39, 0.29) is 0 Å². The number of nitrogens with zero attached hydrogens (tertiary/aromatic N) is 1. The monoisotopic (exact) mass is 763 g/mol. The van der Waals surface area contributed by atoms with Gasteiger partial charge in [0.15, 0.2) is 0 Å². The molecule has 0 fully saturated rings. The summed E-state index contributed by atoms with van der Waals surface area (Å²) in [6, 6.07) is 78.3. The number of hydrogen-bond donors (Lipinski definition) is 0. The Labute approximate surface area is 349 Å². The predicted molar refractivity (Wildman–Crippen MR) is 247 cm³/mol. The van der Waals surface area contributed by atoms with Crippen LogP contribution in [0.5, 0.6) is 11.5 Å². The van der Waals surface area contributed by atoms with Crippen LogP contribution in [-0.4, -0.2) is 0 Å². The van der Waals surface area contributed by atoms with Gasteiger partial charge < -0.3 is 9.64 Å². The van der Waals surface area contributed by atoms with Gasteiger partial charge in [-0.1, -0.05) is 182 Å². The fourth-order valence-corrected chi connectivity index (χ4v) is 10.8. The van der Waals surface area contributed by atoms with E-state index in [1.165, 1.54) is 66.8 Å². The Morgan fingerprint density at radius 2 is 0.917 bits per heavy atom. The van der Waals surface area contributed by atoms with Gasteiger partial charge in [0.05, 0.1) is 11.1 Å². The molecule has 1 heterocycles. The molecule has 0 unspecified atom stereocenters. The van der Waals surface area contributed by atoms with E-state index in [1.807, 2.05) is 0 Å². The molecule has 2 nitrogen and oxygen atoms in total. The first kappa shape index (κ1) is 33.3. The van der Waals surface area contributed by atoms with E-state index in [1.54, 1.807) is 0 Å². The summed E-state index contributed by atoms with van der Waals surface area (Å²) in [4.78, 5) is 2.49. The minimum Gasteiger partial charge on any atom is -0.455 e. The second-order valence-corrected chi connectivity index (χ2v) is 16.3. The third kappa shape index (κ3) is 4.59. The van der Waals surface area contributed by atoms with Crippen LogP contribution in [0, 0.1) is 0 Å². The topological polar surface area (TPSA) is 12.5 Å². The Morgan fingerprint density at radius 1 is 0.367 bits per heavy atom. The molecule has 1 spiro atoms. The molecule has 3 aliphatic rings. The SMILES string of the molecule is c1ccc(-c2ccccc2N(c2ccc3c(c2)Cc2ccccc2-3)c2ccc3c(c2)C2(c4ccccc4-3)c3ccc4ccccc4c3Oc3c2ccc2ccccc32)cc1. The number of fused-ring (bicyclic) bond motifs is 16. The van der Waals surface area contributed by atoms with E-state index in [0.717, 1.165) is 56.5 Å². The maximum Gasteiger partial charge on any atom is 0.140 e. The molecule has 0 amide bonds. The van der Waals surface area contributed by atoms with E-state index < -0.39 is 5.41 Å². The minimum absolute atomic E-state index is 0.650. The van der Waals surface area contributed by atoms with Gasteiger partial charge in [-0.25, -0.2) is 0 Å². The molecule has 0 atom stereocenters. The van der Waals surface area contributed by atoms with Gasteiger partial charge in [0.25, 0.3) is 0 Å². The summed E-state index contributed by atoms with van der Waals surface area (Å²) in [6.07, 6.45) is 0.922. The highest BCUT2D eigenvalue weighted by Gasteiger charge is 2.52. The molecule has 13 rings (SSSR count). The lowest BCUT2D eigenvalue weighted by Gasteiger charge is -2.40. The maximum atomic E-state index is 7.26. The van der Waals surface area contributed by atoms with Crippen LogP contribution in [0.25, 0.3) is 54.9 Å². The number of para-hydroxylation sites is 1. The number of rotatable bonds is 4. The van der Waals surface area contributed by atoms with Crippen LogP contribution in [0.1, 0.15) is 33.4 Å². The van der Waals surface area contributed by atoms with Crippen molar-refractivity contribution in [2.24, 2.45) is 0 Å². The van der Waals surface area contributed by atoms with Crippen molar-refractivity contribution in [3.8, 4) is 44.9 Å². The standard InChI is InChI=1S/C58H37NO/c1-2-14-37(15-3-1)46-20-11-13-25-55(46)59(42-28-30-45-41(35-42)34-40-18-6-7-19-44(40)45)43-29-31-50-49-23-10-12-24-51(49)58(54(50)36-43)52-32-26-38-16-4-8-21-47(38)56(52)60-57-48-22-9-5-17-39(48)27-33-53(57)58/h1-33,35-36H,34H2. The smallest absolute Gasteiger partial charge is 0.140 e. The van der Waals surface area contributed by atoms with Crippen molar-refractivity contribution >= 4 is 38.6 Å². The van der Waals surface area contributed by atoms with Crippen molar-refractivity contribution in [3.63, 3.8) is 0 Å². The highest BCUT2D eigenvalue weighted by atomic mass is 16.5. The highest BCUT2D eigenvalue weighted by Crippen LogP contribution is 2.64. The average molecular weight is 764 g/mol. The van der Waals surface area contributed by atoms with Crippen molar-refractivity contribution in [1.29, 1.82) is 0 Å². The molecule has 0 saturated heterocycles. The van der Waals surface area contributed by atoms with E-state index in [4.69, 9.17) is 4.74 Å². The lowest BCUT2D eigenvalue weighted by molar-refractivity contribution is 0.447. The lowest BCUT2D eigenvalue weighted by atomic mass is 9.65. The molecular formula is C58H37NO. The van der Waals surface area contributed by atoms with E-state index in [0.29, 0.717) is 0 Å². The molecular weight excluding hydrogens is 727 g/mol. The molecule has 2 aliphatic carbocycles. The summed E-state index contributed by atoms with van der Waals surface area (Å²) in [6.45, 7) is 0. The summed E-state index contributed by atoms with van der Waals surface area (Å²) < 4.78 is 7.26. The largest absolute Gasteiger partial charge is 0.455 e. The third-order valence-electron chi connectivity index (χ3n) is 13.3. The summed E-state index contributed by atoms with van der Waals surface area (Å²) in [5.74, 6) is 1.85. The first-order valence-electron chi connectivity index (χ1n) is 20.9. The van der Waals surface area contributed by atoms with Crippen molar-refractivity contribution in [2.75, 3.05) is 4.90 Å². The molecule has 2 heteroatoms. The molecule has 10 aromatic rings. The van der Waals surface area contributed by atoms with Crippen molar-refractivity contribution < 1.29 is 4.74 Å². The lowest BCUT2D eigenvalue weighted by Crippen LogP contribution is -2.32. The van der Waals surface area contributed by atoms with Crippen molar-refractivity contribution in [3.05, 3.63) is 246 Å². The maximum absolute atomic E-state index is 7.26. The molecule has 60 heavy (non-hydrogen) atoms. The Hall–Kier alpha value is -7.68. The van der Waals surface area contributed by atoms with Gasteiger partial charge in [-0.05, 0) is 97.6 Å². The third-order valence-corrected chi connectivity index (χ3v) is 13.3. The summed E-state index contributed by atoms with van der Waals surface area (Å²) in [5, 5.41) is 4.57. The Kier molecular flexibility index (Phi) is 7.03. The second kappa shape index (κ2) is 12.7. The highest BCUT2D eigenvalue weighted by molar-refractivity contribution is 6.01. The predicted octanol–water partition coefficient (Wildman–Crippen LogP) is 15.2. The Bertz CT molecular complexity index is 3310. The second-order valence-electron chi connectivity index (χ2n) is 16.3. The number of anilines is 3. The van der Waals surface area contributed by atoms with E-state index >= 15 is 0 Å². The van der Waals surface area contributed by atoms with Crippen LogP contribution in [-0.2, 0) is 11.8 Å². The Balaban J connectivity index is 1.12. The fourth-order valence-electron chi connectivity index (χ4n) is 10.8. The van der Waals surface area contributed by atoms with E-state index in [9.17, 15) is 0 Å². The average Bonchev–Trinajstić information content (AvgIpc) is 3.83. The Morgan fingerprint density at radius 3 is 1.67 bits per heavy atom. The van der Waals surface area contributed by atoms with Crippen molar-refractivity contribution in [2.45, 2.75) is 11.8 Å². The van der Waals surface area contributed by atoms with Gasteiger partial charge in [0.2, 0.25) is 0 Å². The molecule has 0 radical (unpaired) electrons. The summed E-state index contributed by atoms with van der Waals surface area (Å²) in [7, 11) is 0. The van der Waals surface area contributed by atoms with Crippen LogP contribution >= 0.6 is 0 Å². The zero-order valence-corrected chi connectivity index (χ0v) is 32.8. The van der Waals surface area contributed by atoms with Gasteiger partial charge in [0, 0.05) is 38.8 Å². The first-order chi connectivity index (χ1) is 29.8. The van der Waals surface area contributed by atoms with Crippen LogP contribution < -0.4 is 9.64 Å². The van der Waals surface area contributed by atoms with Crippen LogP contribution in [0.2, 0.25) is 0 Å². The van der Waals surface area contributed by atoms with Crippen molar-refractivity contribution in [1.82, 2.24) is 0 Å². The molecule has 1 aliphatic heterocycles.